The van der Waals surface area contributed by atoms with Gasteiger partial charge in [0.1, 0.15) is 28.9 Å². The Labute approximate surface area is 191 Å². The molecule has 3 N–H and O–H groups in total. The average Bonchev–Trinajstić information content (AvgIpc) is 3.41. The Kier molecular flexibility index (Phi) is 5.97. The number of carbonyl (C=O) groups excluding carboxylic acids is 2. The Morgan fingerprint density at radius 1 is 1.18 bits per heavy atom. The van der Waals surface area contributed by atoms with E-state index < -0.39 is 18.5 Å². The van der Waals surface area contributed by atoms with Gasteiger partial charge >= 0.3 is 5.97 Å². The van der Waals surface area contributed by atoms with E-state index >= 15 is 0 Å². The summed E-state index contributed by atoms with van der Waals surface area (Å²) in [6, 6.07) is 10.0. The normalized spacial score (nSPS) is 13.7. The smallest absolute Gasteiger partial charge is 0.342 e. The van der Waals surface area contributed by atoms with Crippen LogP contribution in [0.15, 0.2) is 30.3 Å². The monoisotopic (exact) mass is 447 g/mol. The minimum absolute atomic E-state index is 0.182. The van der Waals surface area contributed by atoms with Gasteiger partial charge in [-0.2, -0.15) is 5.26 Å². The van der Waals surface area contributed by atoms with Crippen LogP contribution in [0.25, 0.3) is 10.8 Å². The van der Waals surface area contributed by atoms with Gasteiger partial charge in [-0.25, -0.2) is 4.79 Å². The third kappa shape index (κ3) is 3.98. The first-order valence-corrected chi connectivity index (χ1v) is 10.9. The quantitative estimate of drug-likeness (QED) is 0.392. The van der Waals surface area contributed by atoms with Crippen LogP contribution in [0.4, 0.5) is 5.82 Å². The molecule has 4 rings (SSSR count). The number of phenols is 2. The van der Waals surface area contributed by atoms with Crippen LogP contribution in [0.2, 0.25) is 0 Å². The molecule has 33 heavy (non-hydrogen) atoms. The van der Waals surface area contributed by atoms with Crippen molar-refractivity contribution in [1.29, 1.82) is 5.26 Å². The predicted octanol–water partition coefficient (Wildman–Crippen LogP) is 4.45. The molecule has 0 atom stereocenters. The lowest BCUT2D eigenvalue weighted by molar-refractivity contribution is -0.119. The molecular weight excluding hydrogens is 422 g/mol. The molecule has 1 amide bonds. The zero-order valence-corrected chi connectivity index (χ0v) is 18.5. The summed E-state index contributed by atoms with van der Waals surface area (Å²) in [7, 11) is 0. The van der Waals surface area contributed by atoms with E-state index in [9.17, 15) is 25.1 Å². The number of esters is 1. The second kappa shape index (κ2) is 8.87. The van der Waals surface area contributed by atoms with Gasteiger partial charge in [-0.1, -0.05) is 37.1 Å². The van der Waals surface area contributed by atoms with Gasteiger partial charge in [0, 0.05) is 22.5 Å². The van der Waals surface area contributed by atoms with E-state index in [1.807, 2.05) is 18.4 Å². The molecule has 8 heteroatoms. The molecule has 3 aromatic rings. The summed E-state index contributed by atoms with van der Waals surface area (Å²) in [5.74, 6) is -1.63. The number of amides is 1. The highest BCUT2D eigenvalue weighted by atomic mass is 16.5. The summed E-state index contributed by atoms with van der Waals surface area (Å²) in [6.45, 7) is 3.17. The van der Waals surface area contributed by atoms with Crippen LogP contribution in [-0.2, 0) is 9.53 Å². The number of anilines is 1. The summed E-state index contributed by atoms with van der Waals surface area (Å²) in [4.78, 5) is 25.2. The van der Waals surface area contributed by atoms with Gasteiger partial charge in [0.05, 0.1) is 5.56 Å². The van der Waals surface area contributed by atoms with Crippen molar-refractivity contribution < 1.29 is 24.5 Å². The van der Waals surface area contributed by atoms with Crippen molar-refractivity contribution in [3.63, 3.8) is 0 Å². The Bertz CT molecular complexity index is 1300. The van der Waals surface area contributed by atoms with Crippen LogP contribution in [0.1, 0.15) is 58.9 Å². The first-order valence-electron chi connectivity index (χ1n) is 10.9. The summed E-state index contributed by atoms with van der Waals surface area (Å²) in [5, 5.41) is 33.7. The van der Waals surface area contributed by atoms with Crippen molar-refractivity contribution in [2.24, 2.45) is 0 Å². The lowest BCUT2D eigenvalue weighted by Crippen LogP contribution is -2.24. The number of phenolic OH excluding ortho intramolecular Hbond substituents is 2. The fraction of sp³-hybridized carbons (Fsp3) is 0.320. The number of aromatic nitrogens is 1. The zero-order chi connectivity index (χ0) is 23.7. The zero-order valence-electron chi connectivity index (χ0n) is 18.5. The topological polar surface area (TPSA) is 125 Å². The molecule has 8 nitrogen and oxygen atoms in total. The Hall–Kier alpha value is -3.99. The maximum absolute atomic E-state index is 12.6. The number of rotatable bonds is 5. The van der Waals surface area contributed by atoms with E-state index in [-0.39, 0.29) is 23.1 Å². The largest absolute Gasteiger partial charge is 0.507 e. The molecule has 1 aromatic heterocycles. The maximum Gasteiger partial charge on any atom is 0.342 e. The Morgan fingerprint density at radius 2 is 1.85 bits per heavy atom. The maximum atomic E-state index is 12.6. The minimum atomic E-state index is -0.942. The molecule has 1 saturated carbocycles. The van der Waals surface area contributed by atoms with Crippen LogP contribution < -0.4 is 5.32 Å². The molecule has 0 spiro atoms. The highest BCUT2D eigenvalue weighted by molar-refractivity contribution is 6.04. The van der Waals surface area contributed by atoms with E-state index in [4.69, 9.17) is 4.74 Å². The van der Waals surface area contributed by atoms with Crippen molar-refractivity contribution in [2.45, 2.75) is 45.6 Å². The number of nitrogens with one attached hydrogen (secondary N) is 1. The average molecular weight is 447 g/mol. The number of nitriles is 1. The van der Waals surface area contributed by atoms with Gasteiger partial charge in [0.15, 0.2) is 6.61 Å². The Balaban J connectivity index is 1.52. The molecule has 1 fully saturated rings. The van der Waals surface area contributed by atoms with Crippen molar-refractivity contribution in [3.8, 4) is 17.6 Å². The van der Waals surface area contributed by atoms with Crippen LogP contribution in [0, 0.1) is 25.2 Å². The molecule has 0 unspecified atom stereocenters. The van der Waals surface area contributed by atoms with Crippen molar-refractivity contribution in [2.75, 3.05) is 11.9 Å². The molecule has 0 aliphatic heterocycles. The number of ether oxygens (including phenoxy) is 1. The molecule has 0 saturated heterocycles. The summed E-state index contributed by atoms with van der Waals surface area (Å²) < 4.78 is 7.12. The van der Waals surface area contributed by atoms with E-state index in [0.29, 0.717) is 22.2 Å². The van der Waals surface area contributed by atoms with Gasteiger partial charge in [-0.05, 0) is 38.3 Å². The van der Waals surface area contributed by atoms with E-state index in [1.54, 1.807) is 24.3 Å². The van der Waals surface area contributed by atoms with Gasteiger partial charge in [-0.3, -0.25) is 4.79 Å². The molecule has 1 heterocycles. The lowest BCUT2D eigenvalue weighted by Gasteiger charge is -2.19. The first-order chi connectivity index (χ1) is 15.8. The lowest BCUT2D eigenvalue weighted by atomic mass is 10.0. The van der Waals surface area contributed by atoms with Crippen LogP contribution in [0.5, 0.6) is 11.5 Å². The molecule has 1 aliphatic carbocycles. The van der Waals surface area contributed by atoms with Crippen molar-refractivity contribution in [1.82, 2.24) is 4.57 Å². The van der Waals surface area contributed by atoms with Crippen LogP contribution in [-0.4, -0.2) is 33.3 Å². The summed E-state index contributed by atoms with van der Waals surface area (Å²) >= 11 is 0. The van der Waals surface area contributed by atoms with Gasteiger partial charge in [0.25, 0.3) is 5.91 Å². The van der Waals surface area contributed by atoms with Crippen molar-refractivity contribution in [3.05, 3.63) is 52.7 Å². The number of fused-ring (bicyclic) bond motifs is 1. The molecule has 170 valence electrons. The fourth-order valence-electron chi connectivity index (χ4n) is 4.58. The van der Waals surface area contributed by atoms with Crippen molar-refractivity contribution >= 4 is 28.5 Å². The second-order valence-corrected chi connectivity index (χ2v) is 8.32. The number of hydrogen-bond acceptors (Lipinski definition) is 6. The number of aromatic hydroxyl groups is 2. The predicted molar refractivity (Wildman–Crippen MR) is 122 cm³/mol. The molecule has 0 bridgehead atoms. The third-order valence-electron chi connectivity index (χ3n) is 6.36. The number of nitrogens with zero attached hydrogens (tertiary/aromatic N) is 2. The van der Waals surface area contributed by atoms with Crippen LogP contribution in [0.3, 0.4) is 0 Å². The number of carbonyl (C=O) groups is 2. The summed E-state index contributed by atoms with van der Waals surface area (Å²) in [5.41, 5.74) is 1.91. The highest BCUT2D eigenvalue weighted by Crippen LogP contribution is 2.38. The third-order valence-corrected chi connectivity index (χ3v) is 6.36. The SMILES string of the molecule is Cc1c(C#N)c(NC(=O)COC(=O)c2cc(O)c3ccccc3c2O)n(C2CCCC2)c1C. The second-order valence-electron chi connectivity index (χ2n) is 8.32. The van der Waals surface area contributed by atoms with Crippen LogP contribution >= 0.6 is 0 Å². The van der Waals surface area contributed by atoms with Gasteiger partial charge < -0.3 is 24.8 Å². The summed E-state index contributed by atoms with van der Waals surface area (Å²) in [6.07, 6.45) is 4.14. The number of benzene rings is 2. The standard InChI is InChI=1S/C25H25N3O5/c1-14-15(2)28(16-7-3-4-8-16)24(20(14)12-26)27-22(30)13-33-25(32)19-11-21(29)17-9-5-6-10-18(17)23(19)31/h5-6,9-11,16,29,31H,3-4,7-8,13H2,1-2H3,(H,27,30). The minimum Gasteiger partial charge on any atom is -0.507 e. The van der Waals surface area contributed by atoms with Gasteiger partial charge in [0.2, 0.25) is 0 Å². The van der Waals surface area contributed by atoms with E-state index in [1.165, 1.54) is 0 Å². The number of hydrogen-bond donors (Lipinski definition) is 3. The van der Waals surface area contributed by atoms with Gasteiger partial charge in [-0.15, -0.1) is 0 Å². The molecule has 0 radical (unpaired) electrons. The first kappa shape index (κ1) is 22.2. The molecule has 2 aromatic carbocycles. The Morgan fingerprint density at radius 3 is 2.52 bits per heavy atom. The highest BCUT2D eigenvalue weighted by Gasteiger charge is 2.27. The molecule has 1 aliphatic rings. The molecular formula is C25H25N3O5. The fourth-order valence-corrected chi connectivity index (χ4v) is 4.58. The van der Waals surface area contributed by atoms with E-state index in [0.717, 1.165) is 43.0 Å². The van der Waals surface area contributed by atoms with E-state index in [2.05, 4.69) is 11.4 Å².